The lowest BCUT2D eigenvalue weighted by Gasteiger charge is -2.18. The molecule has 0 bridgehead atoms. The van der Waals surface area contributed by atoms with E-state index >= 15 is 0 Å². The van der Waals surface area contributed by atoms with Gasteiger partial charge in [0.1, 0.15) is 6.04 Å². The van der Waals surface area contributed by atoms with Gasteiger partial charge in [-0.3, -0.25) is 14.5 Å². The molecule has 1 aromatic heterocycles. The van der Waals surface area contributed by atoms with Gasteiger partial charge in [-0.25, -0.2) is 4.79 Å². The van der Waals surface area contributed by atoms with Crippen molar-refractivity contribution in [2.24, 2.45) is 0 Å². The Balaban J connectivity index is 1.94. The molecular weight excluding hydrogens is 388 g/mol. The number of hydrogen-bond acceptors (Lipinski definition) is 5. The standard InChI is InChI=1S/C19H17ClN2O4S/c1-11-6-7-14(9-15(11)20)21-8-4-5-13(21)10-16-17(23)22(19(25)27-16)12(2)18(24)26-3/h4-10,12H,1-3H3/b16-10+/t12-/m0/s1. The minimum absolute atomic E-state index is 0.244. The van der Waals surface area contributed by atoms with E-state index in [1.54, 1.807) is 6.08 Å². The molecular formula is C19H17ClN2O4S. The number of imide groups is 1. The van der Waals surface area contributed by atoms with Crippen LogP contribution in [0.2, 0.25) is 5.02 Å². The van der Waals surface area contributed by atoms with Gasteiger partial charge in [-0.05, 0) is 61.5 Å². The number of carbonyl (C=O) groups excluding carboxylic acids is 3. The zero-order chi connectivity index (χ0) is 19.7. The number of nitrogens with zero attached hydrogens (tertiary/aromatic N) is 2. The van der Waals surface area contributed by atoms with E-state index in [0.29, 0.717) is 10.7 Å². The van der Waals surface area contributed by atoms with E-state index in [1.807, 2.05) is 48.0 Å². The van der Waals surface area contributed by atoms with Crippen LogP contribution in [0.25, 0.3) is 11.8 Å². The second-order valence-corrected chi connectivity index (χ2v) is 7.39. The molecule has 0 N–H and O–H groups in total. The maximum atomic E-state index is 12.6. The monoisotopic (exact) mass is 404 g/mol. The SMILES string of the molecule is COC(=O)[C@H](C)N1C(=O)S/C(=C/c2cccn2-c2ccc(C)c(Cl)c2)C1=O. The van der Waals surface area contributed by atoms with Crippen molar-refractivity contribution in [3.63, 3.8) is 0 Å². The van der Waals surface area contributed by atoms with Crippen molar-refractivity contribution >= 4 is 46.6 Å². The number of aromatic nitrogens is 1. The van der Waals surface area contributed by atoms with Gasteiger partial charge in [-0.1, -0.05) is 17.7 Å². The van der Waals surface area contributed by atoms with E-state index < -0.39 is 23.2 Å². The average Bonchev–Trinajstić information content (AvgIpc) is 3.21. The number of ether oxygens (including phenoxy) is 1. The summed E-state index contributed by atoms with van der Waals surface area (Å²) >= 11 is 7.01. The molecule has 3 rings (SSSR count). The molecule has 1 aliphatic rings. The lowest BCUT2D eigenvalue weighted by molar-refractivity contribution is -0.148. The van der Waals surface area contributed by atoms with Gasteiger partial charge in [-0.2, -0.15) is 0 Å². The van der Waals surface area contributed by atoms with Crippen molar-refractivity contribution < 1.29 is 19.1 Å². The molecule has 0 radical (unpaired) electrons. The van der Waals surface area contributed by atoms with Gasteiger partial charge >= 0.3 is 5.97 Å². The third-order valence-corrected chi connectivity index (χ3v) is 5.54. The fraction of sp³-hybridized carbons (Fsp3) is 0.211. The highest BCUT2D eigenvalue weighted by Crippen LogP contribution is 2.34. The Bertz CT molecular complexity index is 966. The van der Waals surface area contributed by atoms with Crippen molar-refractivity contribution in [2.75, 3.05) is 7.11 Å². The van der Waals surface area contributed by atoms with E-state index in [1.165, 1.54) is 14.0 Å². The van der Waals surface area contributed by atoms with E-state index in [2.05, 4.69) is 4.74 Å². The van der Waals surface area contributed by atoms with Gasteiger partial charge in [-0.15, -0.1) is 0 Å². The predicted molar refractivity (Wildman–Crippen MR) is 105 cm³/mol. The first-order valence-electron chi connectivity index (χ1n) is 8.12. The average molecular weight is 405 g/mol. The molecule has 1 aromatic carbocycles. The number of aryl methyl sites for hydroxylation is 1. The van der Waals surface area contributed by atoms with Crippen LogP contribution in [0.4, 0.5) is 4.79 Å². The summed E-state index contributed by atoms with van der Waals surface area (Å²) in [5, 5.41) is 0.139. The first-order chi connectivity index (χ1) is 12.8. The van der Waals surface area contributed by atoms with Crippen LogP contribution in [-0.4, -0.2) is 39.7 Å². The minimum Gasteiger partial charge on any atom is -0.467 e. The van der Waals surface area contributed by atoms with Crippen LogP contribution < -0.4 is 0 Å². The van der Waals surface area contributed by atoms with Crippen LogP contribution in [0.5, 0.6) is 0 Å². The minimum atomic E-state index is -0.976. The Morgan fingerprint density at radius 2 is 2.04 bits per heavy atom. The van der Waals surface area contributed by atoms with E-state index in [-0.39, 0.29) is 4.91 Å². The lowest BCUT2D eigenvalue weighted by Crippen LogP contribution is -2.42. The fourth-order valence-corrected chi connectivity index (χ4v) is 3.77. The van der Waals surface area contributed by atoms with Crippen LogP contribution in [0, 0.1) is 6.92 Å². The van der Waals surface area contributed by atoms with Gasteiger partial charge in [0.05, 0.1) is 12.0 Å². The van der Waals surface area contributed by atoms with Gasteiger partial charge in [0.25, 0.3) is 11.1 Å². The largest absolute Gasteiger partial charge is 0.467 e. The van der Waals surface area contributed by atoms with Crippen molar-refractivity contribution in [1.82, 2.24) is 9.47 Å². The second-order valence-electron chi connectivity index (χ2n) is 5.99. The number of methoxy groups -OCH3 is 1. The molecule has 8 heteroatoms. The van der Waals surface area contributed by atoms with Gasteiger partial charge in [0, 0.05) is 22.6 Å². The zero-order valence-corrected chi connectivity index (χ0v) is 16.5. The molecule has 1 atom stereocenters. The molecule has 0 aliphatic carbocycles. The predicted octanol–water partition coefficient (Wildman–Crippen LogP) is 4.04. The Labute approximate surface area is 165 Å². The highest BCUT2D eigenvalue weighted by Gasteiger charge is 2.41. The third kappa shape index (κ3) is 3.65. The molecule has 1 fully saturated rings. The molecule has 2 amide bonds. The van der Waals surface area contributed by atoms with Gasteiger partial charge in [0.2, 0.25) is 0 Å². The molecule has 140 valence electrons. The van der Waals surface area contributed by atoms with E-state index in [0.717, 1.165) is 27.9 Å². The van der Waals surface area contributed by atoms with Crippen molar-refractivity contribution in [3.8, 4) is 5.69 Å². The molecule has 0 unspecified atom stereocenters. The molecule has 0 spiro atoms. The molecule has 1 aliphatic heterocycles. The van der Waals surface area contributed by atoms with Crippen LogP contribution in [0.1, 0.15) is 18.2 Å². The first kappa shape index (κ1) is 19.3. The summed E-state index contributed by atoms with van der Waals surface area (Å²) < 4.78 is 6.49. The summed E-state index contributed by atoms with van der Waals surface area (Å²) in [5.41, 5.74) is 2.52. The molecule has 1 saturated heterocycles. The third-order valence-electron chi connectivity index (χ3n) is 4.25. The summed E-state index contributed by atoms with van der Waals surface area (Å²) in [5.74, 6) is -1.16. The van der Waals surface area contributed by atoms with Gasteiger partial charge < -0.3 is 9.30 Å². The van der Waals surface area contributed by atoms with E-state index in [4.69, 9.17) is 11.6 Å². The number of esters is 1. The van der Waals surface area contributed by atoms with E-state index in [9.17, 15) is 14.4 Å². The Kier molecular flexibility index (Phi) is 5.43. The smallest absolute Gasteiger partial charge is 0.328 e. The molecule has 6 nitrogen and oxygen atoms in total. The number of halogens is 1. The second kappa shape index (κ2) is 7.62. The number of hydrogen-bond donors (Lipinski definition) is 0. The molecule has 2 heterocycles. The number of carbonyl (C=O) groups is 3. The van der Waals surface area contributed by atoms with Crippen LogP contribution in [-0.2, 0) is 14.3 Å². The molecule has 27 heavy (non-hydrogen) atoms. The lowest BCUT2D eigenvalue weighted by atomic mass is 10.2. The Hall–Kier alpha value is -2.51. The normalized spacial score (nSPS) is 16.9. The zero-order valence-electron chi connectivity index (χ0n) is 14.9. The van der Waals surface area contributed by atoms with Crippen LogP contribution in [0.3, 0.4) is 0 Å². The summed E-state index contributed by atoms with van der Waals surface area (Å²) in [4.78, 5) is 37.7. The maximum Gasteiger partial charge on any atom is 0.328 e. The summed E-state index contributed by atoms with van der Waals surface area (Å²) in [6.07, 6.45) is 3.47. The fourth-order valence-electron chi connectivity index (χ4n) is 2.70. The molecule has 2 aromatic rings. The topological polar surface area (TPSA) is 68.6 Å². The summed E-state index contributed by atoms with van der Waals surface area (Å²) in [6, 6.07) is 8.35. The number of benzene rings is 1. The first-order valence-corrected chi connectivity index (χ1v) is 9.31. The van der Waals surface area contributed by atoms with Crippen molar-refractivity contribution in [2.45, 2.75) is 19.9 Å². The Morgan fingerprint density at radius 1 is 1.30 bits per heavy atom. The highest BCUT2D eigenvalue weighted by atomic mass is 35.5. The summed E-state index contributed by atoms with van der Waals surface area (Å²) in [7, 11) is 1.22. The maximum absolute atomic E-state index is 12.6. The van der Waals surface area contributed by atoms with Crippen molar-refractivity contribution in [1.29, 1.82) is 0 Å². The van der Waals surface area contributed by atoms with Crippen LogP contribution in [0.15, 0.2) is 41.4 Å². The quantitative estimate of drug-likeness (QED) is 0.568. The van der Waals surface area contributed by atoms with Gasteiger partial charge in [0.15, 0.2) is 0 Å². The highest BCUT2D eigenvalue weighted by molar-refractivity contribution is 8.18. The number of rotatable bonds is 4. The Morgan fingerprint density at radius 3 is 2.70 bits per heavy atom. The number of thioether (sulfide) groups is 1. The summed E-state index contributed by atoms with van der Waals surface area (Å²) in [6.45, 7) is 3.38. The van der Waals surface area contributed by atoms with Crippen LogP contribution >= 0.6 is 23.4 Å². The van der Waals surface area contributed by atoms with Crippen molar-refractivity contribution in [3.05, 3.63) is 57.7 Å². The molecule has 0 saturated carbocycles. The number of amides is 2.